The van der Waals surface area contributed by atoms with Gasteiger partial charge in [0.25, 0.3) is 10.0 Å². The Bertz CT molecular complexity index is 1280. The Morgan fingerprint density at radius 1 is 0.964 bits per heavy atom. The molecular formula is C20H15Cl2N3O2S. The van der Waals surface area contributed by atoms with E-state index in [0.29, 0.717) is 27.5 Å². The fourth-order valence-corrected chi connectivity index (χ4v) is 5.21. The molecule has 4 aromatic rings. The molecule has 1 aromatic heterocycles. The molecule has 4 rings (SSSR count). The summed E-state index contributed by atoms with van der Waals surface area (Å²) < 4.78 is 28.2. The van der Waals surface area contributed by atoms with Gasteiger partial charge in [-0.05, 0) is 42.8 Å². The van der Waals surface area contributed by atoms with Gasteiger partial charge < -0.3 is 0 Å². The molecule has 0 bridgehead atoms. The summed E-state index contributed by atoms with van der Waals surface area (Å²) >= 11 is 12.4. The number of sulfonamides is 1. The topological polar surface area (TPSA) is 74.8 Å². The van der Waals surface area contributed by atoms with Gasteiger partial charge in [0.05, 0.1) is 21.2 Å². The first-order valence-electron chi connectivity index (χ1n) is 8.38. The van der Waals surface area contributed by atoms with Crippen LogP contribution in [0.2, 0.25) is 10.0 Å². The van der Waals surface area contributed by atoms with Crippen LogP contribution >= 0.6 is 23.2 Å². The number of aryl methyl sites for hydroxylation is 1. The predicted octanol–water partition coefficient (Wildman–Crippen LogP) is 5.65. The van der Waals surface area contributed by atoms with Gasteiger partial charge in [-0.15, -0.1) is 0 Å². The van der Waals surface area contributed by atoms with Crippen LogP contribution in [0, 0.1) is 6.92 Å². The van der Waals surface area contributed by atoms with E-state index in [1.807, 2.05) is 18.2 Å². The van der Waals surface area contributed by atoms with E-state index >= 15 is 0 Å². The zero-order chi connectivity index (χ0) is 19.9. The van der Waals surface area contributed by atoms with Crippen LogP contribution < -0.4 is 4.72 Å². The van der Waals surface area contributed by atoms with Crippen LogP contribution in [-0.4, -0.2) is 18.6 Å². The molecule has 0 amide bonds. The third kappa shape index (κ3) is 3.35. The van der Waals surface area contributed by atoms with E-state index < -0.39 is 10.0 Å². The first-order chi connectivity index (χ1) is 13.4. The zero-order valence-electron chi connectivity index (χ0n) is 14.7. The minimum Gasteiger partial charge on any atom is -0.280 e. The van der Waals surface area contributed by atoms with Crippen LogP contribution in [-0.2, 0) is 10.0 Å². The Morgan fingerprint density at radius 2 is 1.71 bits per heavy atom. The Labute approximate surface area is 172 Å². The fraction of sp³-hybridized carbons (Fsp3) is 0.0500. The molecule has 2 N–H and O–H groups in total. The zero-order valence-corrected chi connectivity index (χ0v) is 17.0. The maximum absolute atomic E-state index is 12.8. The molecule has 142 valence electrons. The normalized spacial score (nSPS) is 11.7. The second-order valence-corrected chi connectivity index (χ2v) is 8.74. The summed E-state index contributed by atoms with van der Waals surface area (Å²) in [5.41, 5.74) is 3.17. The van der Waals surface area contributed by atoms with E-state index in [4.69, 9.17) is 23.2 Å². The number of benzene rings is 3. The number of aromatic nitrogens is 2. The highest BCUT2D eigenvalue weighted by Crippen LogP contribution is 2.33. The molecule has 0 aliphatic rings. The first kappa shape index (κ1) is 18.8. The number of nitrogens with zero attached hydrogens (tertiary/aromatic N) is 1. The SMILES string of the molecule is Cc1cccc(Cl)c1S(=O)(=O)Nc1ccc2c(-c3ccccc3Cl)n[nH]c2c1. The highest BCUT2D eigenvalue weighted by molar-refractivity contribution is 7.92. The Balaban J connectivity index is 1.73. The van der Waals surface area contributed by atoms with Gasteiger partial charge >= 0.3 is 0 Å². The standard InChI is InChI=1S/C20H15Cl2N3O2S/c1-12-5-4-8-17(22)20(12)28(26,27)25-13-9-10-15-18(11-13)23-24-19(15)14-6-2-3-7-16(14)21/h2-11,25H,1H3,(H,23,24). The quantitative estimate of drug-likeness (QED) is 0.438. The summed E-state index contributed by atoms with van der Waals surface area (Å²) in [5.74, 6) is 0. The predicted molar refractivity (Wildman–Crippen MR) is 114 cm³/mol. The number of anilines is 1. The van der Waals surface area contributed by atoms with Crippen molar-refractivity contribution >= 4 is 49.8 Å². The number of H-pyrrole nitrogens is 1. The number of hydrogen-bond acceptors (Lipinski definition) is 3. The van der Waals surface area contributed by atoms with E-state index in [1.54, 1.807) is 49.4 Å². The van der Waals surface area contributed by atoms with Crippen molar-refractivity contribution in [2.75, 3.05) is 4.72 Å². The molecule has 3 aromatic carbocycles. The van der Waals surface area contributed by atoms with Gasteiger partial charge in [-0.3, -0.25) is 9.82 Å². The fourth-order valence-electron chi connectivity index (χ4n) is 3.10. The van der Waals surface area contributed by atoms with Crippen LogP contribution in [0.3, 0.4) is 0 Å². The first-order valence-corrected chi connectivity index (χ1v) is 10.6. The number of nitrogens with one attached hydrogen (secondary N) is 2. The molecule has 0 atom stereocenters. The maximum atomic E-state index is 12.8. The van der Waals surface area contributed by atoms with E-state index in [9.17, 15) is 8.42 Å². The maximum Gasteiger partial charge on any atom is 0.263 e. The summed E-state index contributed by atoms with van der Waals surface area (Å²) in [5, 5.41) is 8.88. The van der Waals surface area contributed by atoms with Gasteiger partial charge in [-0.1, -0.05) is 53.5 Å². The van der Waals surface area contributed by atoms with Gasteiger partial charge in [-0.2, -0.15) is 5.10 Å². The van der Waals surface area contributed by atoms with Crippen molar-refractivity contribution in [1.82, 2.24) is 10.2 Å². The van der Waals surface area contributed by atoms with Gasteiger partial charge in [0.1, 0.15) is 10.6 Å². The Kier molecular flexibility index (Phi) is 4.79. The van der Waals surface area contributed by atoms with E-state index in [1.165, 1.54) is 0 Å². The van der Waals surface area contributed by atoms with Gasteiger partial charge in [0, 0.05) is 10.9 Å². The molecule has 0 aliphatic carbocycles. The van der Waals surface area contributed by atoms with Gasteiger partial charge in [0.15, 0.2) is 0 Å². The number of fused-ring (bicyclic) bond motifs is 1. The highest BCUT2D eigenvalue weighted by Gasteiger charge is 2.21. The average Bonchev–Trinajstić information content (AvgIpc) is 3.04. The second kappa shape index (κ2) is 7.13. The molecule has 0 unspecified atom stereocenters. The smallest absolute Gasteiger partial charge is 0.263 e. The monoisotopic (exact) mass is 431 g/mol. The summed E-state index contributed by atoms with van der Waals surface area (Å²) in [6.07, 6.45) is 0. The molecule has 5 nitrogen and oxygen atoms in total. The third-order valence-electron chi connectivity index (χ3n) is 4.38. The summed E-state index contributed by atoms with van der Waals surface area (Å²) in [4.78, 5) is 0.0677. The number of hydrogen-bond donors (Lipinski definition) is 2. The lowest BCUT2D eigenvalue weighted by atomic mass is 10.1. The molecular weight excluding hydrogens is 417 g/mol. The molecule has 0 saturated carbocycles. The summed E-state index contributed by atoms with van der Waals surface area (Å²) in [6.45, 7) is 1.70. The van der Waals surface area contributed by atoms with Crippen LogP contribution in [0.25, 0.3) is 22.2 Å². The van der Waals surface area contributed by atoms with Crippen molar-refractivity contribution in [3.8, 4) is 11.3 Å². The molecule has 1 heterocycles. The van der Waals surface area contributed by atoms with Gasteiger partial charge in [0.2, 0.25) is 0 Å². The van der Waals surface area contributed by atoms with Crippen LogP contribution in [0.4, 0.5) is 5.69 Å². The highest BCUT2D eigenvalue weighted by atomic mass is 35.5. The van der Waals surface area contributed by atoms with Crippen molar-refractivity contribution in [2.45, 2.75) is 11.8 Å². The van der Waals surface area contributed by atoms with Crippen molar-refractivity contribution in [1.29, 1.82) is 0 Å². The van der Waals surface area contributed by atoms with Crippen LogP contribution in [0.5, 0.6) is 0 Å². The molecule has 28 heavy (non-hydrogen) atoms. The Hall–Kier alpha value is -2.54. The van der Waals surface area contributed by atoms with Crippen molar-refractivity contribution < 1.29 is 8.42 Å². The van der Waals surface area contributed by atoms with Gasteiger partial charge in [-0.25, -0.2) is 8.42 Å². The lowest BCUT2D eigenvalue weighted by Gasteiger charge is -2.12. The lowest BCUT2D eigenvalue weighted by molar-refractivity contribution is 0.600. The molecule has 0 spiro atoms. The average molecular weight is 432 g/mol. The summed E-state index contributed by atoms with van der Waals surface area (Å²) in [6, 6.07) is 17.6. The van der Waals surface area contributed by atoms with Crippen LogP contribution in [0.15, 0.2) is 65.6 Å². The number of aromatic amines is 1. The van der Waals surface area contributed by atoms with E-state index in [2.05, 4.69) is 14.9 Å². The molecule has 0 saturated heterocycles. The van der Waals surface area contributed by atoms with Crippen molar-refractivity contribution in [2.24, 2.45) is 0 Å². The second-order valence-electron chi connectivity index (χ2n) is 6.30. The minimum atomic E-state index is -3.83. The summed E-state index contributed by atoms with van der Waals surface area (Å²) in [7, 11) is -3.83. The van der Waals surface area contributed by atoms with E-state index in [0.717, 1.165) is 10.9 Å². The van der Waals surface area contributed by atoms with Crippen molar-refractivity contribution in [3.63, 3.8) is 0 Å². The number of rotatable bonds is 4. The number of halogens is 2. The van der Waals surface area contributed by atoms with Crippen LogP contribution in [0.1, 0.15) is 5.56 Å². The molecule has 0 fully saturated rings. The molecule has 0 aliphatic heterocycles. The molecule has 0 radical (unpaired) electrons. The molecule has 8 heteroatoms. The van der Waals surface area contributed by atoms with E-state index in [-0.39, 0.29) is 9.92 Å². The lowest BCUT2D eigenvalue weighted by Crippen LogP contribution is -2.14. The van der Waals surface area contributed by atoms with Crippen molar-refractivity contribution in [3.05, 3.63) is 76.3 Å². The third-order valence-corrected chi connectivity index (χ3v) is 6.72. The Morgan fingerprint density at radius 3 is 2.46 bits per heavy atom. The largest absolute Gasteiger partial charge is 0.280 e. The minimum absolute atomic E-state index is 0.0677.